The average Bonchev–Trinajstić information content (AvgIpc) is 2.18. The third kappa shape index (κ3) is 2.47. The van der Waals surface area contributed by atoms with Gasteiger partial charge in [0.15, 0.2) is 0 Å². The summed E-state index contributed by atoms with van der Waals surface area (Å²) in [6.45, 7) is 2.85. The first-order valence-electron chi connectivity index (χ1n) is 5.44. The summed E-state index contributed by atoms with van der Waals surface area (Å²) < 4.78 is 10.8. The summed E-state index contributed by atoms with van der Waals surface area (Å²) in [7, 11) is 3.46. The molecule has 1 rings (SSSR count). The van der Waals surface area contributed by atoms with E-state index < -0.39 is 0 Å². The van der Waals surface area contributed by atoms with Crippen molar-refractivity contribution in [2.45, 2.75) is 44.2 Å². The van der Waals surface area contributed by atoms with Gasteiger partial charge in [-0.1, -0.05) is 19.8 Å². The molecular formula is C11H23NO2. The molecule has 3 atom stereocenters. The summed E-state index contributed by atoms with van der Waals surface area (Å²) in [6.07, 6.45) is 4.64. The first kappa shape index (κ1) is 12.0. The van der Waals surface area contributed by atoms with Crippen LogP contribution in [0.3, 0.4) is 0 Å². The van der Waals surface area contributed by atoms with Crippen LogP contribution in [0.1, 0.15) is 32.6 Å². The third-order valence-electron chi connectivity index (χ3n) is 3.42. The molecule has 1 aliphatic rings. The van der Waals surface area contributed by atoms with Crippen LogP contribution in [0.5, 0.6) is 0 Å². The van der Waals surface area contributed by atoms with Crippen molar-refractivity contribution in [3.05, 3.63) is 0 Å². The summed E-state index contributed by atoms with van der Waals surface area (Å²) in [5, 5.41) is 0. The van der Waals surface area contributed by atoms with Crippen LogP contribution < -0.4 is 5.73 Å². The van der Waals surface area contributed by atoms with E-state index in [1.165, 1.54) is 12.8 Å². The lowest BCUT2D eigenvalue weighted by Gasteiger charge is -2.42. The van der Waals surface area contributed by atoms with Gasteiger partial charge in [0.05, 0.1) is 18.2 Å². The van der Waals surface area contributed by atoms with Gasteiger partial charge < -0.3 is 15.2 Å². The summed E-state index contributed by atoms with van der Waals surface area (Å²) in [5.41, 5.74) is 5.97. The average molecular weight is 201 g/mol. The lowest BCUT2D eigenvalue weighted by atomic mass is 9.75. The lowest BCUT2D eigenvalue weighted by molar-refractivity contribution is -0.0835. The van der Waals surface area contributed by atoms with Crippen molar-refractivity contribution in [1.29, 1.82) is 0 Å². The van der Waals surface area contributed by atoms with Gasteiger partial charge in [0, 0.05) is 14.2 Å². The number of methoxy groups -OCH3 is 2. The first-order valence-corrected chi connectivity index (χ1v) is 5.44. The number of nitrogens with two attached hydrogens (primary N) is 1. The van der Waals surface area contributed by atoms with E-state index in [9.17, 15) is 0 Å². The molecule has 0 aromatic heterocycles. The van der Waals surface area contributed by atoms with Gasteiger partial charge in [-0.3, -0.25) is 0 Å². The molecule has 3 unspecified atom stereocenters. The molecule has 1 saturated carbocycles. The Morgan fingerprint density at radius 3 is 2.71 bits per heavy atom. The van der Waals surface area contributed by atoms with Crippen molar-refractivity contribution >= 4 is 0 Å². The van der Waals surface area contributed by atoms with Gasteiger partial charge >= 0.3 is 0 Å². The van der Waals surface area contributed by atoms with Gasteiger partial charge in [0.2, 0.25) is 0 Å². The topological polar surface area (TPSA) is 44.5 Å². The van der Waals surface area contributed by atoms with E-state index in [0.717, 1.165) is 12.8 Å². The third-order valence-corrected chi connectivity index (χ3v) is 3.42. The maximum absolute atomic E-state index is 6.12. The molecule has 0 radical (unpaired) electrons. The number of hydrogen-bond donors (Lipinski definition) is 1. The maximum atomic E-state index is 6.12. The molecule has 3 nitrogen and oxygen atoms in total. The second-order valence-corrected chi connectivity index (χ2v) is 4.53. The van der Waals surface area contributed by atoms with Crippen molar-refractivity contribution in [2.24, 2.45) is 11.7 Å². The molecule has 0 bridgehead atoms. The van der Waals surface area contributed by atoms with E-state index in [2.05, 4.69) is 6.92 Å². The van der Waals surface area contributed by atoms with Gasteiger partial charge in [-0.15, -0.1) is 0 Å². The fraction of sp³-hybridized carbons (Fsp3) is 1.00. The monoisotopic (exact) mass is 201 g/mol. The Labute approximate surface area is 86.9 Å². The summed E-state index contributed by atoms with van der Waals surface area (Å²) in [6, 6.07) is 0.000231. The van der Waals surface area contributed by atoms with E-state index >= 15 is 0 Å². The molecule has 2 N–H and O–H groups in total. The zero-order valence-electron chi connectivity index (χ0n) is 9.58. The van der Waals surface area contributed by atoms with Crippen LogP contribution >= 0.6 is 0 Å². The van der Waals surface area contributed by atoms with Crippen LogP contribution in [0.25, 0.3) is 0 Å². The van der Waals surface area contributed by atoms with Crippen LogP contribution in [-0.4, -0.2) is 32.5 Å². The van der Waals surface area contributed by atoms with Crippen LogP contribution in [-0.2, 0) is 9.47 Å². The second kappa shape index (κ2) is 5.10. The molecular weight excluding hydrogens is 178 g/mol. The van der Waals surface area contributed by atoms with Crippen molar-refractivity contribution in [3.8, 4) is 0 Å². The largest absolute Gasteiger partial charge is 0.383 e. The van der Waals surface area contributed by atoms with E-state index in [0.29, 0.717) is 12.5 Å². The molecule has 0 aromatic carbocycles. The highest BCUT2D eigenvalue weighted by molar-refractivity contribution is 4.95. The quantitative estimate of drug-likeness (QED) is 0.750. The number of ether oxygens (including phenoxy) is 2. The first-order chi connectivity index (χ1) is 6.64. The second-order valence-electron chi connectivity index (χ2n) is 4.53. The van der Waals surface area contributed by atoms with Crippen LogP contribution in [0.15, 0.2) is 0 Å². The highest BCUT2D eigenvalue weighted by Crippen LogP contribution is 2.36. The van der Waals surface area contributed by atoms with Crippen LogP contribution in [0.2, 0.25) is 0 Å². The van der Waals surface area contributed by atoms with Gasteiger partial charge in [-0.2, -0.15) is 0 Å². The Morgan fingerprint density at radius 2 is 2.21 bits per heavy atom. The fourth-order valence-corrected chi connectivity index (χ4v) is 2.55. The number of hydrogen-bond acceptors (Lipinski definition) is 3. The molecule has 3 heteroatoms. The molecule has 0 aromatic rings. The van der Waals surface area contributed by atoms with Gasteiger partial charge in [0.1, 0.15) is 0 Å². The van der Waals surface area contributed by atoms with Crippen molar-refractivity contribution in [3.63, 3.8) is 0 Å². The summed E-state index contributed by atoms with van der Waals surface area (Å²) in [5.74, 6) is 0.714. The van der Waals surface area contributed by atoms with Gasteiger partial charge in [0.25, 0.3) is 0 Å². The number of rotatable bonds is 4. The molecule has 84 valence electrons. The minimum Gasteiger partial charge on any atom is -0.383 e. The Bertz CT molecular complexity index is 175. The Kier molecular flexibility index (Phi) is 4.35. The normalized spacial score (nSPS) is 35.6. The molecule has 0 aliphatic heterocycles. The van der Waals surface area contributed by atoms with E-state index in [1.54, 1.807) is 14.2 Å². The van der Waals surface area contributed by atoms with E-state index in [-0.39, 0.29) is 11.6 Å². The van der Waals surface area contributed by atoms with Gasteiger partial charge in [-0.25, -0.2) is 0 Å². The highest BCUT2D eigenvalue weighted by Gasteiger charge is 2.40. The molecule has 0 amide bonds. The Morgan fingerprint density at radius 1 is 1.50 bits per heavy atom. The van der Waals surface area contributed by atoms with E-state index in [1.807, 2.05) is 0 Å². The Balaban J connectivity index is 2.63. The maximum Gasteiger partial charge on any atom is 0.0853 e. The fourth-order valence-electron chi connectivity index (χ4n) is 2.55. The van der Waals surface area contributed by atoms with Crippen molar-refractivity contribution in [1.82, 2.24) is 0 Å². The molecule has 0 spiro atoms. The highest BCUT2D eigenvalue weighted by atomic mass is 16.5. The zero-order valence-corrected chi connectivity index (χ0v) is 9.58. The van der Waals surface area contributed by atoms with Crippen LogP contribution in [0, 0.1) is 5.92 Å². The molecule has 14 heavy (non-hydrogen) atoms. The van der Waals surface area contributed by atoms with Crippen LogP contribution in [0.4, 0.5) is 0 Å². The summed E-state index contributed by atoms with van der Waals surface area (Å²) in [4.78, 5) is 0. The molecule has 1 aliphatic carbocycles. The minimum absolute atomic E-state index is 0.000231. The Hall–Kier alpha value is -0.120. The molecule has 0 saturated heterocycles. The predicted octanol–water partition coefficient (Wildman–Crippen LogP) is 1.56. The zero-order chi connectivity index (χ0) is 10.6. The van der Waals surface area contributed by atoms with Crippen molar-refractivity contribution < 1.29 is 9.47 Å². The minimum atomic E-state index is -0.145. The SMILES string of the molecule is COCC(N)C1(OC)CCCC(C)C1. The lowest BCUT2D eigenvalue weighted by Crippen LogP contribution is -2.54. The van der Waals surface area contributed by atoms with Gasteiger partial charge in [-0.05, 0) is 18.8 Å². The predicted molar refractivity (Wildman–Crippen MR) is 57.2 cm³/mol. The standard InChI is InChI=1S/C11H23NO2/c1-9-5-4-6-11(7-9,14-3)10(12)8-13-2/h9-10H,4-8,12H2,1-3H3. The molecule has 0 heterocycles. The molecule has 1 fully saturated rings. The summed E-state index contributed by atoms with van der Waals surface area (Å²) >= 11 is 0. The van der Waals surface area contributed by atoms with Crippen molar-refractivity contribution in [2.75, 3.05) is 20.8 Å². The smallest absolute Gasteiger partial charge is 0.0853 e. The van der Waals surface area contributed by atoms with E-state index in [4.69, 9.17) is 15.2 Å².